The van der Waals surface area contributed by atoms with Gasteiger partial charge in [0.2, 0.25) is 0 Å². The van der Waals surface area contributed by atoms with E-state index in [1.54, 1.807) is 0 Å². The summed E-state index contributed by atoms with van der Waals surface area (Å²) < 4.78 is 5.43. The van der Waals surface area contributed by atoms with Gasteiger partial charge in [-0.3, -0.25) is 0 Å². The Kier molecular flexibility index (Phi) is 5.17. The number of ether oxygens (including phenoxy) is 1. The Balaban J connectivity index is 2.11. The van der Waals surface area contributed by atoms with Crippen LogP contribution in [0.15, 0.2) is 0 Å². The third-order valence-electron chi connectivity index (χ3n) is 3.94. The number of nitrogens with one attached hydrogen (secondary N) is 2. The number of nitrogens with zero attached hydrogens (tertiary/aromatic N) is 2. The van der Waals surface area contributed by atoms with Crippen molar-refractivity contribution in [3.8, 4) is 0 Å². The summed E-state index contributed by atoms with van der Waals surface area (Å²) in [7, 11) is 0. The van der Waals surface area contributed by atoms with Crippen LogP contribution < -0.4 is 10.6 Å². The van der Waals surface area contributed by atoms with E-state index in [1.807, 2.05) is 6.92 Å². The average Bonchev–Trinajstić information content (AvgIpc) is 2.45. The van der Waals surface area contributed by atoms with Crippen LogP contribution in [-0.2, 0) is 4.74 Å². The largest absolute Gasteiger partial charge is 0.381 e. The predicted molar refractivity (Wildman–Crippen MR) is 82.3 cm³/mol. The summed E-state index contributed by atoms with van der Waals surface area (Å²) in [5.41, 5.74) is 1.09. The van der Waals surface area contributed by atoms with Crippen LogP contribution in [0, 0.1) is 19.8 Å². The molecular formula is C15H26N4O. The highest BCUT2D eigenvalue weighted by Gasteiger charge is 2.21. The molecule has 5 nitrogen and oxygen atoms in total. The van der Waals surface area contributed by atoms with E-state index in [0.717, 1.165) is 55.6 Å². The van der Waals surface area contributed by atoms with Crippen molar-refractivity contribution in [2.24, 2.45) is 5.92 Å². The smallest absolute Gasteiger partial charge is 0.134 e. The van der Waals surface area contributed by atoms with Crippen molar-refractivity contribution in [3.05, 3.63) is 11.4 Å². The lowest BCUT2D eigenvalue weighted by atomic mass is 9.93. The van der Waals surface area contributed by atoms with Gasteiger partial charge in [0, 0.05) is 31.4 Å². The third kappa shape index (κ3) is 3.60. The van der Waals surface area contributed by atoms with Crippen LogP contribution >= 0.6 is 0 Å². The van der Waals surface area contributed by atoms with E-state index in [1.165, 1.54) is 0 Å². The van der Waals surface area contributed by atoms with Gasteiger partial charge < -0.3 is 15.4 Å². The van der Waals surface area contributed by atoms with Gasteiger partial charge in [0.05, 0.1) is 0 Å². The fraction of sp³-hybridized carbons (Fsp3) is 0.733. The number of hydrogen-bond donors (Lipinski definition) is 2. The molecule has 0 spiro atoms. The van der Waals surface area contributed by atoms with E-state index in [0.29, 0.717) is 12.0 Å². The van der Waals surface area contributed by atoms with Crippen LogP contribution in [0.5, 0.6) is 0 Å². The fourth-order valence-electron chi connectivity index (χ4n) is 2.66. The second-order valence-electron chi connectivity index (χ2n) is 5.51. The topological polar surface area (TPSA) is 59.1 Å². The van der Waals surface area contributed by atoms with E-state index in [2.05, 4.69) is 41.4 Å². The van der Waals surface area contributed by atoms with Crippen LogP contribution in [-0.4, -0.2) is 35.8 Å². The molecule has 2 rings (SSSR count). The summed E-state index contributed by atoms with van der Waals surface area (Å²) in [6, 6.07) is 0.404. The molecule has 1 atom stereocenters. The van der Waals surface area contributed by atoms with Gasteiger partial charge in [0.25, 0.3) is 0 Å². The van der Waals surface area contributed by atoms with Gasteiger partial charge in [-0.05, 0) is 46.5 Å². The maximum Gasteiger partial charge on any atom is 0.134 e. The summed E-state index contributed by atoms with van der Waals surface area (Å²) in [4.78, 5) is 9.02. The first-order valence-electron chi connectivity index (χ1n) is 7.55. The Labute approximate surface area is 121 Å². The molecule has 1 aliphatic rings. The summed E-state index contributed by atoms with van der Waals surface area (Å²) >= 11 is 0. The number of rotatable bonds is 5. The van der Waals surface area contributed by atoms with E-state index >= 15 is 0 Å². The molecule has 1 aliphatic heterocycles. The molecule has 20 heavy (non-hydrogen) atoms. The van der Waals surface area contributed by atoms with Gasteiger partial charge in [-0.2, -0.15) is 0 Å². The first-order valence-corrected chi connectivity index (χ1v) is 7.55. The molecular weight excluding hydrogens is 252 g/mol. The quantitative estimate of drug-likeness (QED) is 0.867. The first kappa shape index (κ1) is 15.0. The Morgan fingerprint density at radius 2 is 1.85 bits per heavy atom. The minimum atomic E-state index is 0.404. The van der Waals surface area contributed by atoms with E-state index < -0.39 is 0 Å². The normalized spacial score (nSPS) is 17.8. The molecule has 0 amide bonds. The zero-order valence-corrected chi connectivity index (χ0v) is 13.0. The van der Waals surface area contributed by atoms with Crippen LogP contribution in [0.2, 0.25) is 0 Å². The molecule has 1 aromatic heterocycles. The molecule has 1 aromatic rings. The highest BCUT2D eigenvalue weighted by atomic mass is 16.5. The Morgan fingerprint density at radius 1 is 1.20 bits per heavy atom. The summed E-state index contributed by atoms with van der Waals surface area (Å²) in [6.07, 6.45) is 2.24. The van der Waals surface area contributed by atoms with Crippen molar-refractivity contribution in [1.29, 1.82) is 0 Å². The molecule has 0 bridgehead atoms. The Morgan fingerprint density at radius 3 is 2.50 bits per heavy atom. The second-order valence-corrected chi connectivity index (χ2v) is 5.51. The van der Waals surface area contributed by atoms with Crippen LogP contribution in [0.4, 0.5) is 11.6 Å². The molecule has 112 valence electrons. The molecule has 2 heterocycles. The molecule has 0 aliphatic carbocycles. The lowest BCUT2D eigenvalue weighted by Crippen LogP contribution is -2.31. The maximum atomic E-state index is 5.43. The number of aryl methyl sites for hydroxylation is 1. The lowest BCUT2D eigenvalue weighted by Gasteiger charge is -2.29. The summed E-state index contributed by atoms with van der Waals surface area (Å²) in [5, 5.41) is 6.87. The van der Waals surface area contributed by atoms with E-state index in [9.17, 15) is 0 Å². The van der Waals surface area contributed by atoms with Gasteiger partial charge in [-0.15, -0.1) is 0 Å². The molecule has 2 N–H and O–H groups in total. The Bertz CT molecular complexity index is 444. The molecule has 1 saturated heterocycles. The van der Waals surface area contributed by atoms with Crippen molar-refractivity contribution < 1.29 is 4.74 Å². The minimum Gasteiger partial charge on any atom is -0.381 e. The lowest BCUT2D eigenvalue weighted by molar-refractivity contribution is 0.0622. The van der Waals surface area contributed by atoms with Gasteiger partial charge >= 0.3 is 0 Å². The SMILES string of the molecule is CCNc1nc(C)nc(NC(C)C2CCOCC2)c1C. The average molecular weight is 278 g/mol. The third-order valence-corrected chi connectivity index (χ3v) is 3.94. The number of aromatic nitrogens is 2. The highest BCUT2D eigenvalue weighted by Crippen LogP contribution is 2.25. The highest BCUT2D eigenvalue weighted by molar-refractivity contribution is 5.57. The van der Waals surface area contributed by atoms with Crippen LogP contribution in [0.3, 0.4) is 0 Å². The summed E-state index contributed by atoms with van der Waals surface area (Å²) in [5.74, 6) is 3.34. The van der Waals surface area contributed by atoms with Crippen molar-refractivity contribution in [3.63, 3.8) is 0 Å². The van der Waals surface area contributed by atoms with E-state index in [-0.39, 0.29) is 0 Å². The van der Waals surface area contributed by atoms with Gasteiger partial charge in [0.15, 0.2) is 0 Å². The maximum absolute atomic E-state index is 5.43. The van der Waals surface area contributed by atoms with Crippen molar-refractivity contribution in [2.45, 2.75) is 46.6 Å². The molecule has 0 saturated carbocycles. The molecule has 1 unspecified atom stereocenters. The zero-order chi connectivity index (χ0) is 14.5. The zero-order valence-electron chi connectivity index (χ0n) is 13.0. The van der Waals surface area contributed by atoms with Crippen LogP contribution in [0.25, 0.3) is 0 Å². The fourth-order valence-corrected chi connectivity index (χ4v) is 2.66. The van der Waals surface area contributed by atoms with E-state index in [4.69, 9.17) is 4.74 Å². The van der Waals surface area contributed by atoms with Crippen LogP contribution in [0.1, 0.15) is 38.1 Å². The summed E-state index contributed by atoms with van der Waals surface area (Å²) in [6.45, 7) is 10.9. The molecule has 1 fully saturated rings. The van der Waals surface area contributed by atoms with Crippen molar-refractivity contribution >= 4 is 11.6 Å². The van der Waals surface area contributed by atoms with Crippen molar-refractivity contribution in [1.82, 2.24) is 9.97 Å². The number of anilines is 2. The molecule has 0 radical (unpaired) electrons. The minimum absolute atomic E-state index is 0.404. The van der Waals surface area contributed by atoms with Gasteiger partial charge in [0.1, 0.15) is 17.5 Å². The Hall–Kier alpha value is -1.36. The monoisotopic (exact) mass is 278 g/mol. The molecule has 0 aromatic carbocycles. The van der Waals surface area contributed by atoms with Gasteiger partial charge in [-0.1, -0.05) is 0 Å². The molecule has 5 heteroatoms. The number of hydrogen-bond acceptors (Lipinski definition) is 5. The van der Waals surface area contributed by atoms with Gasteiger partial charge in [-0.25, -0.2) is 9.97 Å². The van der Waals surface area contributed by atoms with Crippen molar-refractivity contribution in [2.75, 3.05) is 30.4 Å². The predicted octanol–water partition coefficient (Wildman–Crippen LogP) is 2.75. The first-order chi connectivity index (χ1) is 9.61. The second kappa shape index (κ2) is 6.88. The standard InChI is InChI=1S/C15H26N4O/c1-5-16-14-10(2)15(19-12(4)18-14)17-11(3)13-6-8-20-9-7-13/h11,13H,5-9H2,1-4H3,(H2,16,17,18,19).